The highest BCUT2D eigenvalue weighted by Crippen LogP contribution is 2.53. The van der Waals surface area contributed by atoms with E-state index in [1.807, 2.05) is 13.8 Å². The molecule has 1 spiro atoms. The fourth-order valence-electron chi connectivity index (χ4n) is 4.55. The molecule has 7 heteroatoms. The van der Waals surface area contributed by atoms with Crippen molar-refractivity contribution < 1.29 is 14.4 Å². The fraction of sp³-hybridized carbons (Fsp3) is 0.500. The summed E-state index contributed by atoms with van der Waals surface area (Å²) in [6, 6.07) is 4.99. The summed E-state index contributed by atoms with van der Waals surface area (Å²) in [5.41, 5.74) is -0.0394. The van der Waals surface area contributed by atoms with Crippen LogP contribution in [0.25, 0.3) is 0 Å². The first-order valence-electron chi connectivity index (χ1n) is 8.66. The van der Waals surface area contributed by atoms with Crippen LogP contribution in [0.2, 0.25) is 5.02 Å². The van der Waals surface area contributed by atoms with Crippen LogP contribution in [-0.4, -0.2) is 35.2 Å². The third-order valence-corrected chi connectivity index (χ3v) is 5.99. The zero-order valence-corrected chi connectivity index (χ0v) is 14.9. The summed E-state index contributed by atoms with van der Waals surface area (Å²) < 4.78 is 0. The van der Waals surface area contributed by atoms with Gasteiger partial charge in [-0.2, -0.15) is 0 Å². The maximum Gasteiger partial charge on any atom is 0.250 e. The second kappa shape index (κ2) is 5.54. The van der Waals surface area contributed by atoms with E-state index in [0.717, 1.165) is 12.8 Å². The van der Waals surface area contributed by atoms with Crippen LogP contribution < -0.4 is 10.6 Å². The van der Waals surface area contributed by atoms with E-state index in [-0.39, 0.29) is 23.8 Å². The SMILES string of the molecule is CCCCN1C(=O)[C@H]2[C@@H](C1=O)[C@]1(N[C@@H]2C)C(=O)Nc2c(Cl)cccc21. The molecule has 2 saturated heterocycles. The smallest absolute Gasteiger partial charge is 0.250 e. The van der Waals surface area contributed by atoms with E-state index in [1.165, 1.54) is 4.90 Å². The third kappa shape index (κ3) is 1.98. The number of carbonyl (C=O) groups excluding carboxylic acids is 3. The van der Waals surface area contributed by atoms with Crippen molar-refractivity contribution in [1.82, 2.24) is 10.2 Å². The van der Waals surface area contributed by atoms with Gasteiger partial charge in [0.25, 0.3) is 0 Å². The number of carbonyl (C=O) groups is 3. The summed E-state index contributed by atoms with van der Waals surface area (Å²) >= 11 is 6.23. The van der Waals surface area contributed by atoms with E-state index in [1.54, 1.807) is 18.2 Å². The Kier molecular flexibility index (Phi) is 3.67. The van der Waals surface area contributed by atoms with Crippen molar-refractivity contribution in [3.63, 3.8) is 0 Å². The number of para-hydroxylation sites is 1. The summed E-state index contributed by atoms with van der Waals surface area (Å²) in [5, 5.41) is 6.50. The van der Waals surface area contributed by atoms with Gasteiger partial charge in [-0.25, -0.2) is 0 Å². The number of fused-ring (bicyclic) bond motifs is 4. The molecule has 2 N–H and O–H groups in total. The van der Waals surface area contributed by atoms with Gasteiger partial charge in [-0.15, -0.1) is 0 Å². The first kappa shape index (κ1) is 16.5. The number of amides is 3. The van der Waals surface area contributed by atoms with E-state index >= 15 is 0 Å². The Balaban J connectivity index is 1.84. The number of hydrogen-bond donors (Lipinski definition) is 2. The standard InChI is InChI=1S/C18H20ClN3O3/c1-3-4-8-22-15(23)12-9(2)21-18(13(12)16(22)24)10-6-5-7-11(19)14(10)20-17(18)25/h5-7,9,12-13,21H,3-4,8H2,1-2H3,(H,20,25)/t9-,12-,13+,18+/m1/s1. The minimum absolute atomic E-state index is 0.177. The highest BCUT2D eigenvalue weighted by Gasteiger charge is 2.69. The van der Waals surface area contributed by atoms with Crippen molar-refractivity contribution in [1.29, 1.82) is 0 Å². The maximum absolute atomic E-state index is 13.1. The topological polar surface area (TPSA) is 78.5 Å². The molecule has 0 saturated carbocycles. The van der Waals surface area contributed by atoms with Crippen molar-refractivity contribution in [3.8, 4) is 0 Å². The number of nitrogens with one attached hydrogen (secondary N) is 2. The van der Waals surface area contributed by atoms with Crippen LogP contribution in [-0.2, 0) is 19.9 Å². The van der Waals surface area contributed by atoms with Crippen LogP contribution in [0.5, 0.6) is 0 Å². The van der Waals surface area contributed by atoms with Gasteiger partial charge in [0.05, 0.1) is 22.5 Å². The molecule has 0 aromatic heterocycles. The molecule has 132 valence electrons. The van der Waals surface area contributed by atoms with Crippen molar-refractivity contribution >= 4 is 35.0 Å². The average Bonchev–Trinajstić information content (AvgIpc) is 3.13. The Labute approximate surface area is 150 Å². The lowest BCUT2D eigenvalue weighted by Crippen LogP contribution is -2.52. The Bertz CT molecular complexity index is 796. The van der Waals surface area contributed by atoms with Crippen molar-refractivity contribution in [2.45, 2.75) is 38.3 Å². The molecule has 0 bridgehead atoms. The number of unbranched alkanes of at least 4 members (excludes halogenated alkanes) is 1. The first-order chi connectivity index (χ1) is 11.9. The molecule has 0 aliphatic carbocycles. The number of rotatable bonds is 3. The van der Waals surface area contributed by atoms with E-state index < -0.39 is 17.4 Å². The van der Waals surface area contributed by atoms with Crippen LogP contribution in [0.4, 0.5) is 5.69 Å². The molecule has 3 heterocycles. The molecule has 4 atom stereocenters. The Morgan fingerprint density at radius 1 is 1.24 bits per heavy atom. The van der Waals surface area contributed by atoms with E-state index in [4.69, 9.17) is 11.6 Å². The molecule has 0 unspecified atom stereocenters. The van der Waals surface area contributed by atoms with Crippen LogP contribution in [0.1, 0.15) is 32.3 Å². The molecule has 2 fully saturated rings. The number of imide groups is 1. The molecule has 1 aromatic rings. The lowest BCUT2D eigenvalue weighted by molar-refractivity contribution is -0.142. The van der Waals surface area contributed by atoms with Crippen LogP contribution in [0.15, 0.2) is 18.2 Å². The maximum atomic E-state index is 13.1. The lowest BCUT2D eigenvalue weighted by Gasteiger charge is -2.29. The molecular formula is C18H20ClN3O3. The molecule has 25 heavy (non-hydrogen) atoms. The highest BCUT2D eigenvalue weighted by atomic mass is 35.5. The van der Waals surface area contributed by atoms with Crippen molar-refractivity contribution in [2.75, 3.05) is 11.9 Å². The second-order valence-electron chi connectivity index (χ2n) is 7.04. The van der Waals surface area contributed by atoms with Gasteiger partial charge < -0.3 is 5.32 Å². The van der Waals surface area contributed by atoms with Gasteiger partial charge in [-0.1, -0.05) is 37.1 Å². The van der Waals surface area contributed by atoms with Gasteiger partial charge in [-0.3, -0.25) is 24.6 Å². The molecule has 6 nitrogen and oxygen atoms in total. The molecule has 0 radical (unpaired) electrons. The predicted octanol–water partition coefficient (Wildman–Crippen LogP) is 1.88. The summed E-state index contributed by atoms with van der Waals surface area (Å²) in [6.07, 6.45) is 1.66. The second-order valence-corrected chi connectivity index (χ2v) is 7.45. The summed E-state index contributed by atoms with van der Waals surface area (Å²) in [4.78, 5) is 40.2. The fourth-order valence-corrected chi connectivity index (χ4v) is 4.77. The molecule has 3 aliphatic rings. The van der Waals surface area contributed by atoms with Gasteiger partial charge in [0.1, 0.15) is 5.54 Å². The van der Waals surface area contributed by atoms with Gasteiger partial charge in [0.15, 0.2) is 0 Å². The van der Waals surface area contributed by atoms with Crippen LogP contribution >= 0.6 is 11.6 Å². The summed E-state index contributed by atoms with van der Waals surface area (Å²) in [5.74, 6) is -2.01. The zero-order valence-electron chi connectivity index (χ0n) is 14.1. The van der Waals surface area contributed by atoms with Gasteiger partial charge >= 0.3 is 0 Å². The lowest BCUT2D eigenvalue weighted by atomic mass is 9.76. The predicted molar refractivity (Wildman–Crippen MR) is 93.0 cm³/mol. The Hall–Kier alpha value is -1.92. The minimum Gasteiger partial charge on any atom is -0.323 e. The number of anilines is 1. The van der Waals surface area contributed by atoms with Crippen molar-refractivity contribution in [3.05, 3.63) is 28.8 Å². The third-order valence-electron chi connectivity index (χ3n) is 5.67. The van der Waals surface area contributed by atoms with Crippen LogP contribution in [0.3, 0.4) is 0 Å². The first-order valence-corrected chi connectivity index (χ1v) is 9.04. The minimum atomic E-state index is -1.22. The Morgan fingerprint density at radius 3 is 2.72 bits per heavy atom. The molecular weight excluding hydrogens is 342 g/mol. The largest absolute Gasteiger partial charge is 0.323 e. The van der Waals surface area contributed by atoms with Gasteiger partial charge in [-0.05, 0) is 19.4 Å². The zero-order chi connectivity index (χ0) is 17.9. The molecule has 4 rings (SSSR count). The number of nitrogens with zero attached hydrogens (tertiary/aromatic N) is 1. The van der Waals surface area contributed by atoms with Crippen molar-refractivity contribution in [2.24, 2.45) is 11.8 Å². The van der Waals surface area contributed by atoms with E-state index in [9.17, 15) is 14.4 Å². The quantitative estimate of drug-likeness (QED) is 0.806. The highest BCUT2D eigenvalue weighted by molar-refractivity contribution is 6.35. The molecule has 3 aliphatic heterocycles. The average molecular weight is 362 g/mol. The number of hydrogen-bond acceptors (Lipinski definition) is 4. The summed E-state index contributed by atoms with van der Waals surface area (Å²) in [6.45, 7) is 4.28. The van der Waals surface area contributed by atoms with E-state index in [2.05, 4.69) is 10.6 Å². The monoisotopic (exact) mass is 361 g/mol. The molecule has 1 aromatic carbocycles. The summed E-state index contributed by atoms with van der Waals surface area (Å²) in [7, 11) is 0. The van der Waals surface area contributed by atoms with Gasteiger partial charge in [0, 0.05) is 18.2 Å². The number of benzene rings is 1. The number of halogens is 1. The van der Waals surface area contributed by atoms with E-state index in [0.29, 0.717) is 22.8 Å². The van der Waals surface area contributed by atoms with Crippen LogP contribution in [0, 0.1) is 11.8 Å². The van der Waals surface area contributed by atoms with Gasteiger partial charge in [0.2, 0.25) is 17.7 Å². The molecule has 3 amide bonds. The normalized spacial score (nSPS) is 33.2. The Morgan fingerprint density at radius 2 is 2.00 bits per heavy atom. The number of likely N-dealkylation sites (tertiary alicyclic amines) is 1.